The van der Waals surface area contributed by atoms with Crippen molar-refractivity contribution in [3.63, 3.8) is 0 Å². The van der Waals surface area contributed by atoms with Crippen molar-refractivity contribution in [3.8, 4) is 0 Å². The number of carboxylic acid groups (broad SMARTS) is 1. The largest absolute Gasteiger partial charge is 0.481 e. The van der Waals surface area contributed by atoms with Crippen LogP contribution in [0.15, 0.2) is 0 Å². The quantitative estimate of drug-likeness (QED) is 0.313. The third kappa shape index (κ3) is 5.41. The van der Waals surface area contributed by atoms with Gasteiger partial charge in [0.2, 0.25) is 0 Å². The lowest BCUT2D eigenvalue weighted by Crippen LogP contribution is -2.49. The topological polar surface area (TPSA) is 141 Å². The van der Waals surface area contributed by atoms with Crippen LogP contribution in [0.4, 0.5) is 0 Å². The Hall–Kier alpha value is -1.25. The second kappa shape index (κ2) is 7.18. The highest BCUT2D eigenvalue weighted by atomic mass is 16.6. The van der Waals surface area contributed by atoms with E-state index in [9.17, 15) is 10.1 Å². The van der Waals surface area contributed by atoms with Crippen molar-refractivity contribution < 1.29 is 30.1 Å². The number of hydrogen-bond donors (Lipinski definition) is 4. The Balaban J connectivity index is 0. The number of rotatable bonds is 4. The average Bonchev–Trinajstić information content (AvgIpc) is 2.07. The molecular formula is C6H13NO7. The summed E-state index contributed by atoms with van der Waals surface area (Å²) in [4.78, 5) is 18.1. The highest BCUT2D eigenvalue weighted by Gasteiger charge is 2.41. The summed E-state index contributed by atoms with van der Waals surface area (Å²) >= 11 is 0. The molecule has 0 radical (unpaired) electrons. The van der Waals surface area contributed by atoms with Crippen LogP contribution < -0.4 is 0 Å². The summed E-state index contributed by atoms with van der Waals surface area (Å²) in [6.07, 6.45) is 0. The molecular weight excluding hydrogens is 198 g/mol. The van der Waals surface area contributed by atoms with Gasteiger partial charge < -0.3 is 20.4 Å². The van der Waals surface area contributed by atoms with Crippen molar-refractivity contribution in [2.75, 3.05) is 19.8 Å². The molecule has 0 aromatic rings. The Kier molecular flexibility index (Phi) is 7.81. The van der Waals surface area contributed by atoms with Crippen LogP contribution in [-0.4, -0.2) is 56.7 Å². The first-order valence-corrected chi connectivity index (χ1v) is 3.53. The van der Waals surface area contributed by atoms with Gasteiger partial charge >= 0.3 is 0 Å². The molecule has 84 valence electrons. The number of aliphatic hydroxyl groups excluding tert-OH is 3. The second-order valence-electron chi connectivity index (χ2n) is 2.47. The van der Waals surface area contributed by atoms with Crippen molar-refractivity contribution in [2.24, 2.45) is 0 Å². The molecule has 0 atom stereocenters. The van der Waals surface area contributed by atoms with Crippen molar-refractivity contribution in [2.45, 2.75) is 12.5 Å². The molecule has 0 saturated carbocycles. The van der Waals surface area contributed by atoms with E-state index in [4.69, 9.17) is 25.2 Å². The van der Waals surface area contributed by atoms with Gasteiger partial charge in [-0.3, -0.25) is 14.9 Å². The minimum absolute atomic E-state index is 0.833. The normalized spacial score (nSPS) is 10.0. The first kappa shape index (κ1) is 15.2. The smallest absolute Gasteiger partial charge is 0.300 e. The number of hydrogen-bond acceptors (Lipinski definition) is 6. The molecule has 8 nitrogen and oxygen atoms in total. The van der Waals surface area contributed by atoms with Gasteiger partial charge in [0.25, 0.3) is 11.5 Å². The maximum Gasteiger partial charge on any atom is 0.300 e. The number of aliphatic hydroxyl groups is 3. The van der Waals surface area contributed by atoms with Gasteiger partial charge in [0.15, 0.2) is 0 Å². The summed E-state index contributed by atoms with van der Waals surface area (Å²) < 4.78 is 0. The molecule has 0 saturated heterocycles. The Bertz CT molecular complexity index is 176. The van der Waals surface area contributed by atoms with Crippen LogP contribution in [0.25, 0.3) is 0 Å². The minimum Gasteiger partial charge on any atom is -0.481 e. The maximum absolute atomic E-state index is 10.0. The van der Waals surface area contributed by atoms with Crippen LogP contribution in [0.2, 0.25) is 0 Å². The van der Waals surface area contributed by atoms with Gasteiger partial charge in [-0.15, -0.1) is 0 Å². The standard InChI is InChI=1S/C4H9NO5.C2H4O2/c6-1-4(2-7,3-8)5(9)10;1-2(3)4/h6-8H,1-3H2;1H3,(H,3,4). The number of nitrogens with zero attached hydrogens (tertiary/aromatic N) is 1. The number of nitro groups is 1. The number of aliphatic carboxylic acids is 1. The molecule has 0 rings (SSSR count). The van der Waals surface area contributed by atoms with E-state index in [0.717, 1.165) is 6.92 Å². The Morgan fingerprint density at radius 2 is 1.50 bits per heavy atom. The Morgan fingerprint density at radius 1 is 1.29 bits per heavy atom. The fraction of sp³-hybridized carbons (Fsp3) is 0.833. The first-order valence-electron chi connectivity index (χ1n) is 3.53. The van der Waals surface area contributed by atoms with E-state index in [1.807, 2.05) is 0 Å². The monoisotopic (exact) mass is 211 g/mol. The van der Waals surface area contributed by atoms with E-state index in [1.165, 1.54) is 0 Å². The molecule has 4 N–H and O–H groups in total. The van der Waals surface area contributed by atoms with Gasteiger partial charge in [-0.25, -0.2) is 0 Å². The molecule has 0 unspecified atom stereocenters. The van der Waals surface area contributed by atoms with E-state index in [1.54, 1.807) is 0 Å². The van der Waals surface area contributed by atoms with Gasteiger partial charge in [-0.1, -0.05) is 0 Å². The van der Waals surface area contributed by atoms with Crippen LogP contribution in [0, 0.1) is 10.1 Å². The van der Waals surface area contributed by atoms with Crippen LogP contribution >= 0.6 is 0 Å². The molecule has 14 heavy (non-hydrogen) atoms. The van der Waals surface area contributed by atoms with Crippen molar-refractivity contribution in [3.05, 3.63) is 10.1 Å². The maximum atomic E-state index is 10.0. The van der Waals surface area contributed by atoms with E-state index >= 15 is 0 Å². The molecule has 0 fully saturated rings. The summed E-state index contributed by atoms with van der Waals surface area (Å²) in [6, 6.07) is 0. The third-order valence-electron chi connectivity index (χ3n) is 1.27. The lowest BCUT2D eigenvalue weighted by atomic mass is 10.1. The number of carboxylic acids is 1. The first-order chi connectivity index (χ1) is 6.36. The predicted octanol–water partition coefficient (Wildman–Crippen LogP) is -1.93. The molecule has 0 heterocycles. The highest BCUT2D eigenvalue weighted by Crippen LogP contribution is 2.05. The molecule has 0 aliphatic heterocycles. The van der Waals surface area contributed by atoms with Gasteiger partial charge in [0.1, 0.15) is 19.8 Å². The molecule has 8 heteroatoms. The predicted molar refractivity (Wildman–Crippen MR) is 44.3 cm³/mol. The summed E-state index contributed by atoms with van der Waals surface area (Å²) in [7, 11) is 0. The van der Waals surface area contributed by atoms with Crippen LogP contribution in [-0.2, 0) is 4.79 Å². The van der Waals surface area contributed by atoms with Crippen LogP contribution in [0.3, 0.4) is 0 Å². The fourth-order valence-electron chi connectivity index (χ4n) is 0.323. The summed E-state index contributed by atoms with van der Waals surface area (Å²) in [5.74, 6) is -0.833. The van der Waals surface area contributed by atoms with E-state index in [2.05, 4.69) is 0 Å². The molecule has 0 aliphatic rings. The SMILES string of the molecule is CC(=O)O.O=[N+]([O-])C(CO)(CO)CO. The zero-order valence-electron chi connectivity index (χ0n) is 7.58. The van der Waals surface area contributed by atoms with E-state index in [0.29, 0.717) is 0 Å². The van der Waals surface area contributed by atoms with Gasteiger partial charge in [0, 0.05) is 11.8 Å². The molecule has 0 aromatic heterocycles. The van der Waals surface area contributed by atoms with E-state index < -0.39 is 36.3 Å². The zero-order valence-corrected chi connectivity index (χ0v) is 7.58. The van der Waals surface area contributed by atoms with Crippen molar-refractivity contribution in [1.29, 1.82) is 0 Å². The zero-order chi connectivity index (χ0) is 11.8. The highest BCUT2D eigenvalue weighted by molar-refractivity contribution is 5.62. The van der Waals surface area contributed by atoms with Gasteiger partial charge in [-0.2, -0.15) is 0 Å². The van der Waals surface area contributed by atoms with E-state index in [-0.39, 0.29) is 0 Å². The fourth-order valence-corrected chi connectivity index (χ4v) is 0.323. The number of carbonyl (C=O) groups is 1. The average molecular weight is 211 g/mol. The Morgan fingerprint density at radius 3 is 1.50 bits per heavy atom. The second-order valence-corrected chi connectivity index (χ2v) is 2.47. The summed E-state index contributed by atoms with van der Waals surface area (Å²) in [6.45, 7) is -1.52. The van der Waals surface area contributed by atoms with Gasteiger partial charge in [-0.05, 0) is 0 Å². The minimum atomic E-state index is -1.99. The lowest BCUT2D eigenvalue weighted by molar-refractivity contribution is -0.580. The third-order valence-corrected chi connectivity index (χ3v) is 1.27. The molecule has 0 bridgehead atoms. The molecule has 0 spiro atoms. The molecule has 0 aliphatic carbocycles. The molecule has 0 amide bonds. The summed E-state index contributed by atoms with van der Waals surface area (Å²) in [5, 5.41) is 42.6. The lowest BCUT2D eigenvalue weighted by Gasteiger charge is -2.16. The van der Waals surface area contributed by atoms with Crippen molar-refractivity contribution >= 4 is 5.97 Å². The van der Waals surface area contributed by atoms with Crippen LogP contribution in [0.1, 0.15) is 6.92 Å². The molecule has 0 aromatic carbocycles. The van der Waals surface area contributed by atoms with Crippen LogP contribution in [0.5, 0.6) is 0 Å². The Labute approximate surface area is 79.6 Å². The van der Waals surface area contributed by atoms with Gasteiger partial charge in [0.05, 0.1) is 0 Å². The summed E-state index contributed by atoms with van der Waals surface area (Å²) in [5.41, 5.74) is -1.99. The van der Waals surface area contributed by atoms with Crippen molar-refractivity contribution in [1.82, 2.24) is 0 Å².